The summed E-state index contributed by atoms with van der Waals surface area (Å²) in [5.41, 5.74) is 1.28. The summed E-state index contributed by atoms with van der Waals surface area (Å²) in [6.45, 7) is 5.48. The molecule has 0 heterocycles. The van der Waals surface area contributed by atoms with E-state index < -0.39 is 31.0 Å². The van der Waals surface area contributed by atoms with Crippen molar-refractivity contribution in [3.63, 3.8) is 0 Å². The fourth-order valence-corrected chi connectivity index (χ4v) is 3.33. The highest BCUT2D eigenvalue weighted by molar-refractivity contribution is 5.27. The van der Waals surface area contributed by atoms with Gasteiger partial charge in [-0.1, -0.05) is 51.7 Å². The number of nitrogens with zero attached hydrogens (tertiary/aromatic N) is 1. The van der Waals surface area contributed by atoms with Crippen molar-refractivity contribution in [1.29, 1.82) is 0 Å². The molecule has 0 bridgehead atoms. The summed E-state index contributed by atoms with van der Waals surface area (Å²) in [5.74, 6) is 0.794. The number of unbranched alkanes of at least 4 members (excludes halogenated alkanes) is 3. The number of rotatable bonds is 17. The van der Waals surface area contributed by atoms with E-state index in [9.17, 15) is 20.4 Å². The molecule has 5 N–H and O–H groups in total. The lowest BCUT2D eigenvalue weighted by atomic mass is 10.0. The van der Waals surface area contributed by atoms with Gasteiger partial charge in [0.2, 0.25) is 0 Å². The lowest BCUT2D eigenvalue weighted by Gasteiger charge is -2.30. The standard InChI is InChI=1S/C23H41NO6/c1-3-5-6-7-13-24(16-20(26)22(28)23(29)21(27)17-25)14-15-30-19-11-9-18(8-4-2)10-12-19/h9-12,20-23,25-29H,3-8,13-17H2,1-2H3. The van der Waals surface area contributed by atoms with Gasteiger partial charge in [0.05, 0.1) is 12.7 Å². The van der Waals surface area contributed by atoms with E-state index in [1.165, 1.54) is 5.56 Å². The minimum absolute atomic E-state index is 0.140. The Morgan fingerprint density at radius 1 is 0.833 bits per heavy atom. The number of ether oxygens (including phenoxy) is 1. The average molecular weight is 428 g/mol. The summed E-state index contributed by atoms with van der Waals surface area (Å²) >= 11 is 0. The van der Waals surface area contributed by atoms with Gasteiger partial charge in [-0.05, 0) is 37.1 Å². The predicted octanol–water partition coefficient (Wildman–Crippen LogP) is 1.34. The molecule has 0 aliphatic heterocycles. The van der Waals surface area contributed by atoms with Crippen molar-refractivity contribution < 1.29 is 30.3 Å². The molecule has 0 spiro atoms. The molecule has 7 heteroatoms. The lowest BCUT2D eigenvalue weighted by Crippen LogP contribution is -2.50. The molecule has 0 aromatic heterocycles. The minimum Gasteiger partial charge on any atom is -0.492 e. The number of hydrogen-bond donors (Lipinski definition) is 5. The second kappa shape index (κ2) is 15.6. The van der Waals surface area contributed by atoms with Gasteiger partial charge >= 0.3 is 0 Å². The van der Waals surface area contributed by atoms with Gasteiger partial charge in [0.25, 0.3) is 0 Å². The zero-order valence-corrected chi connectivity index (χ0v) is 18.5. The zero-order chi connectivity index (χ0) is 22.4. The average Bonchev–Trinajstić information content (AvgIpc) is 2.76. The number of benzene rings is 1. The van der Waals surface area contributed by atoms with Crippen LogP contribution in [0, 0.1) is 0 Å². The summed E-state index contributed by atoms with van der Waals surface area (Å²) in [5, 5.41) is 48.7. The number of hydrogen-bond acceptors (Lipinski definition) is 7. The molecule has 4 unspecified atom stereocenters. The fourth-order valence-electron chi connectivity index (χ4n) is 3.33. The first-order chi connectivity index (χ1) is 14.4. The maximum atomic E-state index is 10.3. The first-order valence-electron chi connectivity index (χ1n) is 11.2. The van der Waals surface area contributed by atoms with Crippen molar-refractivity contribution in [2.75, 3.05) is 32.8 Å². The van der Waals surface area contributed by atoms with Crippen molar-refractivity contribution >= 4 is 0 Å². The van der Waals surface area contributed by atoms with Crippen LogP contribution >= 0.6 is 0 Å². The largest absolute Gasteiger partial charge is 0.492 e. The Labute approximate surface area is 180 Å². The van der Waals surface area contributed by atoms with Gasteiger partial charge in [-0.3, -0.25) is 4.90 Å². The maximum Gasteiger partial charge on any atom is 0.119 e. The molecule has 1 aromatic rings. The van der Waals surface area contributed by atoms with Gasteiger partial charge in [-0.15, -0.1) is 0 Å². The summed E-state index contributed by atoms with van der Waals surface area (Å²) in [7, 11) is 0. The molecule has 0 aliphatic carbocycles. The van der Waals surface area contributed by atoms with Gasteiger partial charge < -0.3 is 30.3 Å². The predicted molar refractivity (Wildman–Crippen MR) is 118 cm³/mol. The summed E-state index contributed by atoms with van der Waals surface area (Å²) < 4.78 is 5.83. The van der Waals surface area contributed by atoms with Crippen molar-refractivity contribution in [2.45, 2.75) is 76.8 Å². The van der Waals surface area contributed by atoms with Crippen molar-refractivity contribution in [2.24, 2.45) is 0 Å². The van der Waals surface area contributed by atoms with Crippen molar-refractivity contribution in [3.05, 3.63) is 29.8 Å². The quantitative estimate of drug-likeness (QED) is 0.238. The van der Waals surface area contributed by atoms with Crippen LogP contribution < -0.4 is 4.74 Å². The van der Waals surface area contributed by atoms with Crippen LogP contribution in [0.1, 0.15) is 51.5 Å². The van der Waals surface area contributed by atoms with Crippen LogP contribution in [-0.4, -0.2) is 87.7 Å². The van der Waals surface area contributed by atoms with Crippen LogP contribution in [0.25, 0.3) is 0 Å². The van der Waals surface area contributed by atoms with E-state index >= 15 is 0 Å². The molecule has 0 saturated carbocycles. The second-order valence-corrected chi connectivity index (χ2v) is 7.90. The molecule has 0 radical (unpaired) electrons. The Bertz CT molecular complexity index is 541. The molecule has 7 nitrogen and oxygen atoms in total. The Morgan fingerprint density at radius 2 is 1.50 bits per heavy atom. The normalized spacial score (nSPS) is 15.7. The van der Waals surface area contributed by atoms with Crippen LogP contribution in [-0.2, 0) is 6.42 Å². The summed E-state index contributed by atoms with van der Waals surface area (Å²) in [4.78, 5) is 1.99. The Balaban J connectivity index is 2.56. The molecular formula is C23H41NO6. The molecule has 30 heavy (non-hydrogen) atoms. The molecule has 4 atom stereocenters. The molecule has 0 saturated heterocycles. The van der Waals surface area contributed by atoms with Crippen LogP contribution in [0.15, 0.2) is 24.3 Å². The van der Waals surface area contributed by atoms with Crippen LogP contribution in [0.2, 0.25) is 0 Å². The van der Waals surface area contributed by atoms with E-state index in [0.717, 1.165) is 50.8 Å². The van der Waals surface area contributed by atoms with Crippen molar-refractivity contribution in [1.82, 2.24) is 4.90 Å². The van der Waals surface area contributed by atoms with E-state index in [4.69, 9.17) is 9.84 Å². The SMILES string of the molecule is CCCCCCN(CCOc1ccc(CCC)cc1)CC(O)C(O)C(O)C(O)CO. The lowest BCUT2D eigenvalue weighted by molar-refractivity contribution is -0.119. The molecule has 1 rings (SSSR count). The molecule has 174 valence electrons. The number of aliphatic hydroxyl groups is 5. The maximum absolute atomic E-state index is 10.3. The third-order valence-electron chi connectivity index (χ3n) is 5.24. The van der Waals surface area contributed by atoms with Gasteiger partial charge in [0.15, 0.2) is 0 Å². The molecular weight excluding hydrogens is 386 g/mol. The van der Waals surface area contributed by atoms with E-state index in [0.29, 0.717) is 13.2 Å². The van der Waals surface area contributed by atoms with E-state index in [1.807, 2.05) is 17.0 Å². The van der Waals surface area contributed by atoms with Gasteiger partial charge in [0.1, 0.15) is 30.7 Å². The van der Waals surface area contributed by atoms with E-state index in [2.05, 4.69) is 26.0 Å². The van der Waals surface area contributed by atoms with E-state index in [1.54, 1.807) is 0 Å². The third-order valence-corrected chi connectivity index (χ3v) is 5.24. The summed E-state index contributed by atoms with van der Waals surface area (Å²) in [6, 6.07) is 8.05. The second-order valence-electron chi connectivity index (χ2n) is 7.90. The van der Waals surface area contributed by atoms with Crippen LogP contribution in [0.5, 0.6) is 5.75 Å². The van der Waals surface area contributed by atoms with Gasteiger partial charge in [-0.2, -0.15) is 0 Å². The molecule has 0 aliphatic rings. The smallest absolute Gasteiger partial charge is 0.119 e. The highest BCUT2D eigenvalue weighted by atomic mass is 16.5. The molecule has 0 fully saturated rings. The Morgan fingerprint density at radius 3 is 2.10 bits per heavy atom. The Kier molecular flexibility index (Phi) is 13.9. The topological polar surface area (TPSA) is 114 Å². The first-order valence-corrected chi connectivity index (χ1v) is 11.2. The van der Waals surface area contributed by atoms with Gasteiger partial charge in [0, 0.05) is 13.1 Å². The minimum atomic E-state index is -1.61. The first kappa shape index (κ1) is 26.8. The van der Waals surface area contributed by atoms with Crippen LogP contribution in [0.4, 0.5) is 0 Å². The number of aliphatic hydroxyl groups excluding tert-OH is 5. The highest BCUT2D eigenvalue weighted by Gasteiger charge is 2.30. The third kappa shape index (κ3) is 10.2. The van der Waals surface area contributed by atoms with Gasteiger partial charge in [-0.25, -0.2) is 0 Å². The fraction of sp³-hybridized carbons (Fsp3) is 0.739. The number of aryl methyl sites for hydroxylation is 1. The monoisotopic (exact) mass is 427 g/mol. The zero-order valence-electron chi connectivity index (χ0n) is 18.5. The van der Waals surface area contributed by atoms with E-state index in [-0.39, 0.29) is 6.54 Å². The van der Waals surface area contributed by atoms with Crippen LogP contribution in [0.3, 0.4) is 0 Å². The highest BCUT2D eigenvalue weighted by Crippen LogP contribution is 2.14. The van der Waals surface area contributed by atoms with Crippen molar-refractivity contribution in [3.8, 4) is 5.75 Å². The summed E-state index contributed by atoms with van der Waals surface area (Å²) in [6.07, 6.45) is 0.565. The molecule has 1 aromatic carbocycles. The molecule has 0 amide bonds. The Hall–Kier alpha value is -1.22.